The fourth-order valence-corrected chi connectivity index (χ4v) is 1.73. The topological polar surface area (TPSA) is 63.7 Å². The smallest absolute Gasteiger partial charge is 0.402 e. The van der Waals surface area contributed by atoms with E-state index in [9.17, 15) is 27.6 Å². The van der Waals surface area contributed by atoms with Gasteiger partial charge in [0.15, 0.2) is 6.23 Å². The molecular weight excluding hydrogens is 291 g/mol. The second kappa shape index (κ2) is 5.65. The van der Waals surface area contributed by atoms with Gasteiger partial charge in [-0.15, -0.1) is 0 Å². The first kappa shape index (κ1) is 17.5. The van der Waals surface area contributed by atoms with Gasteiger partial charge in [-0.25, -0.2) is 4.90 Å². The molecule has 1 fully saturated rings. The number of alkyl halides is 3. The highest BCUT2D eigenvalue weighted by Crippen LogP contribution is 2.44. The van der Waals surface area contributed by atoms with E-state index < -0.39 is 47.9 Å². The van der Waals surface area contributed by atoms with E-state index in [0.717, 1.165) is 6.92 Å². The standard InChI is InChI=1S/C13H18F3NO4/c1-5-12(4,13(14,15)16)11(20)17-8(18)6-9(17)21-10(19)7(2)3/h7,9H,5-6H2,1-4H3. The molecule has 120 valence electrons. The lowest BCUT2D eigenvalue weighted by Gasteiger charge is -2.42. The Labute approximate surface area is 120 Å². The van der Waals surface area contributed by atoms with Gasteiger partial charge >= 0.3 is 12.1 Å². The van der Waals surface area contributed by atoms with E-state index in [1.54, 1.807) is 13.8 Å². The maximum Gasteiger partial charge on any atom is 0.402 e. The fraction of sp³-hybridized carbons (Fsp3) is 0.769. The molecule has 0 aromatic heterocycles. The molecule has 0 aromatic carbocycles. The monoisotopic (exact) mass is 309 g/mol. The maximum atomic E-state index is 13.1. The van der Waals surface area contributed by atoms with Crippen LogP contribution in [0.15, 0.2) is 0 Å². The Kier molecular flexibility index (Phi) is 4.70. The SMILES string of the molecule is CCC(C)(C(=O)N1C(=O)CC1OC(=O)C(C)C)C(F)(F)F. The number of hydrogen-bond donors (Lipinski definition) is 0. The lowest BCUT2D eigenvalue weighted by molar-refractivity contribution is -0.232. The highest BCUT2D eigenvalue weighted by atomic mass is 19.4. The van der Waals surface area contributed by atoms with Gasteiger partial charge < -0.3 is 4.74 Å². The van der Waals surface area contributed by atoms with Gasteiger partial charge in [0.25, 0.3) is 0 Å². The number of carbonyl (C=O) groups excluding carboxylic acids is 3. The van der Waals surface area contributed by atoms with Crippen LogP contribution < -0.4 is 0 Å². The van der Waals surface area contributed by atoms with E-state index in [1.807, 2.05) is 0 Å². The summed E-state index contributed by atoms with van der Waals surface area (Å²) in [6, 6.07) is 0. The Morgan fingerprint density at radius 2 is 1.90 bits per heavy atom. The van der Waals surface area contributed by atoms with Crippen LogP contribution in [0.1, 0.15) is 40.5 Å². The Balaban J connectivity index is 2.94. The number of imide groups is 1. The summed E-state index contributed by atoms with van der Waals surface area (Å²) in [6.45, 7) is 5.04. The average Bonchev–Trinajstić information content (AvgIpc) is 2.34. The fourth-order valence-electron chi connectivity index (χ4n) is 1.73. The van der Waals surface area contributed by atoms with Crippen LogP contribution >= 0.6 is 0 Å². The summed E-state index contributed by atoms with van der Waals surface area (Å²) in [5.74, 6) is -3.32. The van der Waals surface area contributed by atoms with Crippen molar-refractivity contribution in [2.45, 2.75) is 52.9 Å². The van der Waals surface area contributed by atoms with Crippen LogP contribution in [0, 0.1) is 11.3 Å². The third-order valence-electron chi connectivity index (χ3n) is 3.65. The molecule has 0 spiro atoms. The molecule has 0 aromatic rings. The number of halogens is 3. The molecule has 1 saturated heterocycles. The van der Waals surface area contributed by atoms with E-state index in [0.29, 0.717) is 4.90 Å². The van der Waals surface area contributed by atoms with Crippen molar-refractivity contribution in [3.8, 4) is 0 Å². The van der Waals surface area contributed by atoms with E-state index in [4.69, 9.17) is 4.74 Å². The number of β-lactam (4-membered cyclic amide) rings is 1. The highest BCUT2D eigenvalue weighted by molar-refractivity contribution is 6.02. The first-order valence-corrected chi connectivity index (χ1v) is 6.59. The van der Waals surface area contributed by atoms with E-state index in [1.165, 1.54) is 6.92 Å². The van der Waals surface area contributed by atoms with Crippen molar-refractivity contribution in [3.05, 3.63) is 0 Å². The summed E-state index contributed by atoms with van der Waals surface area (Å²) in [6.07, 6.45) is -6.82. The zero-order valence-corrected chi connectivity index (χ0v) is 12.3. The Hall–Kier alpha value is -1.60. The van der Waals surface area contributed by atoms with E-state index in [-0.39, 0.29) is 6.42 Å². The van der Waals surface area contributed by atoms with Crippen LogP contribution in [0.25, 0.3) is 0 Å². The first-order valence-electron chi connectivity index (χ1n) is 6.59. The predicted molar refractivity (Wildman–Crippen MR) is 65.6 cm³/mol. The molecule has 2 atom stereocenters. The van der Waals surface area contributed by atoms with Gasteiger partial charge in [-0.2, -0.15) is 13.2 Å². The van der Waals surface area contributed by atoms with Crippen LogP contribution in [-0.4, -0.2) is 35.1 Å². The van der Waals surface area contributed by atoms with E-state index in [2.05, 4.69) is 0 Å². The first-order chi connectivity index (χ1) is 9.45. The number of nitrogens with zero attached hydrogens (tertiary/aromatic N) is 1. The molecule has 2 unspecified atom stereocenters. The summed E-state index contributed by atoms with van der Waals surface area (Å²) in [4.78, 5) is 35.4. The summed E-state index contributed by atoms with van der Waals surface area (Å²) in [5, 5.41) is 0. The van der Waals surface area contributed by atoms with Gasteiger partial charge in [-0.1, -0.05) is 20.8 Å². The molecular formula is C13H18F3NO4. The minimum absolute atomic E-state index is 0.276. The Bertz CT molecular complexity index is 461. The molecule has 8 heteroatoms. The molecule has 1 rings (SSSR count). The number of amides is 2. The third-order valence-corrected chi connectivity index (χ3v) is 3.65. The molecule has 0 aliphatic carbocycles. The molecule has 1 heterocycles. The van der Waals surface area contributed by atoms with Gasteiger partial charge in [0.05, 0.1) is 12.3 Å². The van der Waals surface area contributed by atoms with Crippen LogP contribution in [0.5, 0.6) is 0 Å². The lowest BCUT2D eigenvalue weighted by Crippen LogP contribution is -2.63. The summed E-state index contributed by atoms with van der Waals surface area (Å²) < 4.78 is 44.0. The van der Waals surface area contributed by atoms with Crippen molar-refractivity contribution < 1.29 is 32.3 Å². The highest BCUT2D eigenvalue weighted by Gasteiger charge is 2.60. The summed E-state index contributed by atoms with van der Waals surface area (Å²) in [7, 11) is 0. The Morgan fingerprint density at radius 3 is 2.24 bits per heavy atom. The minimum atomic E-state index is -4.79. The number of ether oxygens (including phenoxy) is 1. The number of rotatable bonds is 4. The molecule has 1 aliphatic rings. The second-order valence-electron chi connectivity index (χ2n) is 5.50. The zero-order valence-electron chi connectivity index (χ0n) is 12.3. The third kappa shape index (κ3) is 3.03. The molecule has 2 amide bonds. The summed E-state index contributed by atoms with van der Waals surface area (Å²) in [5.41, 5.74) is -2.68. The predicted octanol–water partition coefficient (Wildman–Crippen LogP) is 2.25. The van der Waals surface area contributed by atoms with Gasteiger partial charge in [-0.05, 0) is 13.3 Å². The van der Waals surface area contributed by atoms with Crippen molar-refractivity contribution in [1.82, 2.24) is 4.90 Å². The second-order valence-corrected chi connectivity index (χ2v) is 5.50. The molecule has 0 radical (unpaired) electrons. The number of carbonyl (C=O) groups is 3. The maximum absolute atomic E-state index is 13.1. The van der Waals surface area contributed by atoms with Crippen molar-refractivity contribution in [2.75, 3.05) is 0 Å². The largest absolute Gasteiger partial charge is 0.440 e. The number of esters is 1. The summed E-state index contributed by atoms with van der Waals surface area (Å²) >= 11 is 0. The molecule has 0 N–H and O–H groups in total. The van der Waals surface area contributed by atoms with Gasteiger partial charge in [0.1, 0.15) is 5.41 Å². The molecule has 1 aliphatic heterocycles. The van der Waals surface area contributed by atoms with Gasteiger partial charge in [-0.3, -0.25) is 14.4 Å². The van der Waals surface area contributed by atoms with Crippen molar-refractivity contribution >= 4 is 17.8 Å². The molecule has 21 heavy (non-hydrogen) atoms. The van der Waals surface area contributed by atoms with Crippen LogP contribution in [-0.2, 0) is 19.1 Å². The molecule has 5 nitrogen and oxygen atoms in total. The van der Waals surface area contributed by atoms with Crippen molar-refractivity contribution in [2.24, 2.45) is 11.3 Å². The average molecular weight is 309 g/mol. The van der Waals surface area contributed by atoms with Gasteiger partial charge in [0, 0.05) is 0 Å². The Morgan fingerprint density at radius 1 is 1.38 bits per heavy atom. The van der Waals surface area contributed by atoms with Gasteiger partial charge in [0.2, 0.25) is 11.8 Å². The van der Waals surface area contributed by atoms with Crippen LogP contribution in [0.3, 0.4) is 0 Å². The van der Waals surface area contributed by atoms with Crippen LogP contribution in [0.2, 0.25) is 0 Å². The number of likely N-dealkylation sites (tertiary alicyclic amines) is 1. The minimum Gasteiger partial charge on any atom is -0.440 e. The lowest BCUT2D eigenvalue weighted by atomic mass is 9.83. The quantitative estimate of drug-likeness (QED) is 0.590. The van der Waals surface area contributed by atoms with Crippen LogP contribution in [0.4, 0.5) is 13.2 Å². The van der Waals surface area contributed by atoms with Crippen molar-refractivity contribution in [1.29, 1.82) is 0 Å². The van der Waals surface area contributed by atoms with E-state index >= 15 is 0 Å². The normalized spacial score (nSPS) is 21.8. The molecule has 0 saturated carbocycles. The zero-order chi connectivity index (χ0) is 16.6. The molecule has 0 bridgehead atoms. The van der Waals surface area contributed by atoms with Crippen molar-refractivity contribution in [3.63, 3.8) is 0 Å². The number of hydrogen-bond acceptors (Lipinski definition) is 4.